The van der Waals surface area contributed by atoms with Crippen LogP contribution in [0.2, 0.25) is 0 Å². The Balaban J connectivity index is 1.70. The van der Waals surface area contributed by atoms with Crippen molar-refractivity contribution < 1.29 is 0 Å². The molecule has 3 atom stereocenters. The molecule has 2 fully saturated rings. The van der Waals surface area contributed by atoms with E-state index >= 15 is 0 Å². The van der Waals surface area contributed by atoms with E-state index in [1.165, 1.54) is 24.3 Å². The monoisotopic (exact) mass is 250 g/mol. The van der Waals surface area contributed by atoms with Crippen LogP contribution in [0.4, 0.5) is 0 Å². The van der Waals surface area contributed by atoms with Crippen LogP contribution in [0.15, 0.2) is 11.6 Å². The number of nitrogens with zero attached hydrogens (tertiary/aromatic N) is 1. The molecule has 3 heteroatoms. The Morgan fingerprint density at radius 2 is 2.29 bits per heavy atom. The highest BCUT2D eigenvalue weighted by Crippen LogP contribution is 2.65. The average molecular weight is 250 g/mol. The maximum atomic E-state index is 4.35. The smallest absolute Gasteiger partial charge is 0.106 e. The first-order valence-electron chi connectivity index (χ1n) is 6.66. The van der Waals surface area contributed by atoms with E-state index in [4.69, 9.17) is 0 Å². The molecule has 94 valence electrons. The van der Waals surface area contributed by atoms with Gasteiger partial charge in [-0.3, -0.25) is 0 Å². The molecule has 2 aliphatic carbocycles. The highest BCUT2D eigenvalue weighted by atomic mass is 32.1. The second kappa shape index (κ2) is 3.79. The number of hydrogen-bond acceptors (Lipinski definition) is 3. The largest absolute Gasteiger partial charge is 0.307 e. The molecule has 0 radical (unpaired) electrons. The summed E-state index contributed by atoms with van der Waals surface area (Å²) in [5, 5.41) is 7.04. The van der Waals surface area contributed by atoms with E-state index in [0.717, 1.165) is 12.5 Å². The van der Waals surface area contributed by atoms with Gasteiger partial charge in [0, 0.05) is 24.2 Å². The summed E-state index contributed by atoms with van der Waals surface area (Å²) in [6.07, 6.45) is 6.07. The van der Waals surface area contributed by atoms with Gasteiger partial charge >= 0.3 is 0 Å². The molecule has 2 aliphatic rings. The van der Waals surface area contributed by atoms with Crippen LogP contribution in [0.1, 0.15) is 45.0 Å². The molecule has 2 saturated carbocycles. The molecule has 0 aliphatic heterocycles. The lowest BCUT2D eigenvalue weighted by atomic mass is 9.69. The van der Waals surface area contributed by atoms with E-state index in [1.54, 1.807) is 11.3 Å². The van der Waals surface area contributed by atoms with Crippen molar-refractivity contribution in [2.45, 2.75) is 52.6 Å². The summed E-state index contributed by atoms with van der Waals surface area (Å²) in [6, 6.07) is 0.681. The number of nitrogens with one attached hydrogen (secondary N) is 1. The Bertz CT molecular complexity index is 398. The number of hydrogen-bond donors (Lipinski definition) is 1. The predicted molar refractivity (Wildman–Crippen MR) is 72.0 cm³/mol. The predicted octanol–water partition coefficient (Wildman–Crippen LogP) is 3.45. The van der Waals surface area contributed by atoms with E-state index in [9.17, 15) is 0 Å². The quantitative estimate of drug-likeness (QED) is 0.889. The highest BCUT2D eigenvalue weighted by Gasteiger charge is 2.60. The van der Waals surface area contributed by atoms with Gasteiger partial charge in [0.15, 0.2) is 0 Å². The van der Waals surface area contributed by atoms with Crippen LogP contribution in [0.25, 0.3) is 0 Å². The van der Waals surface area contributed by atoms with Gasteiger partial charge in [-0.2, -0.15) is 0 Å². The zero-order valence-electron chi connectivity index (χ0n) is 11.0. The van der Waals surface area contributed by atoms with Crippen molar-refractivity contribution in [1.29, 1.82) is 0 Å². The highest BCUT2D eigenvalue weighted by molar-refractivity contribution is 7.09. The van der Waals surface area contributed by atoms with Crippen LogP contribution >= 0.6 is 11.3 Å². The Morgan fingerprint density at radius 1 is 1.47 bits per heavy atom. The maximum absolute atomic E-state index is 4.35. The molecule has 1 heterocycles. The summed E-state index contributed by atoms with van der Waals surface area (Å²) in [7, 11) is 0. The normalized spacial score (nSPS) is 38.8. The topological polar surface area (TPSA) is 24.9 Å². The summed E-state index contributed by atoms with van der Waals surface area (Å²) in [4.78, 5) is 4.35. The minimum Gasteiger partial charge on any atom is -0.307 e. The third kappa shape index (κ3) is 1.59. The summed E-state index contributed by atoms with van der Waals surface area (Å²) in [5.74, 6) is 0.918. The van der Waals surface area contributed by atoms with Crippen LogP contribution in [-0.4, -0.2) is 11.0 Å². The zero-order chi connectivity index (χ0) is 12.1. The average Bonchev–Trinajstić information content (AvgIpc) is 2.91. The van der Waals surface area contributed by atoms with Crippen molar-refractivity contribution in [2.24, 2.45) is 16.7 Å². The molecule has 3 unspecified atom stereocenters. The molecule has 1 N–H and O–H groups in total. The van der Waals surface area contributed by atoms with E-state index in [2.05, 4.69) is 36.5 Å². The standard InChI is InChI=1S/C14H22N2S/c1-13(2)10-4-5-14(13,3)11(8-10)16-9-12-15-6-7-17-12/h6-7,10-11,16H,4-5,8-9H2,1-3H3. The minimum absolute atomic E-state index is 0.481. The molecule has 1 aromatic rings. The third-order valence-corrected chi connectivity index (χ3v) is 6.56. The Morgan fingerprint density at radius 3 is 2.82 bits per heavy atom. The lowest BCUT2D eigenvalue weighted by molar-refractivity contribution is 0.120. The van der Waals surface area contributed by atoms with E-state index in [1.807, 2.05) is 6.20 Å². The number of thiazole rings is 1. The Hall–Kier alpha value is -0.410. The molecular weight excluding hydrogens is 228 g/mol. The molecule has 2 bridgehead atoms. The van der Waals surface area contributed by atoms with Gasteiger partial charge in [0.2, 0.25) is 0 Å². The molecular formula is C14H22N2S. The molecule has 0 amide bonds. The minimum atomic E-state index is 0.481. The number of fused-ring (bicyclic) bond motifs is 2. The lowest BCUT2D eigenvalue weighted by Crippen LogP contribution is -2.44. The maximum Gasteiger partial charge on any atom is 0.106 e. The van der Waals surface area contributed by atoms with E-state index < -0.39 is 0 Å². The van der Waals surface area contributed by atoms with Crippen molar-refractivity contribution >= 4 is 11.3 Å². The molecule has 0 spiro atoms. The summed E-state index contributed by atoms with van der Waals surface area (Å²) in [6.45, 7) is 8.37. The second-order valence-electron chi connectivity index (χ2n) is 6.47. The molecule has 0 aromatic carbocycles. The zero-order valence-corrected chi connectivity index (χ0v) is 11.8. The fraction of sp³-hybridized carbons (Fsp3) is 0.786. The molecule has 1 aromatic heterocycles. The molecule has 17 heavy (non-hydrogen) atoms. The van der Waals surface area contributed by atoms with Gasteiger partial charge < -0.3 is 5.32 Å². The molecule has 2 nitrogen and oxygen atoms in total. The van der Waals surface area contributed by atoms with Crippen molar-refractivity contribution in [3.8, 4) is 0 Å². The Kier molecular flexibility index (Phi) is 2.60. The first-order valence-corrected chi connectivity index (χ1v) is 7.54. The number of aromatic nitrogens is 1. The van der Waals surface area contributed by atoms with Crippen LogP contribution in [-0.2, 0) is 6.54 Å². The van der Waals surface area contributed by atoms with Gasteiger partial charge in [0.05, 0.1) is 0 Å². The van der Waals surface area contributed by atoms with Crippen LogP contribution < -0.4 is 5.32 Å². The van der Waals surface area contributed by atoms with Gasteiger partial charge in [-0.05, 0) is 36.0 Å². The van der Waals surface area contributed by atoms with Gasteiger partial charge in [-0.25, -0.2) is 4.98 Å². The fourth-order valence-corrected chi connectivity index (χ4v) is 4.63. The van der Waals surface area contributed by atoms with Crippen molar-refractivity contribution in [1.82, 2.24) is 10.3 Å². The van der Waals surface area contributed by atoms with Gasteiger partial charge in [0.25, 0.3) is 0 Å². The first-order chi connectivity index (χ1) is 8.04. The Labute approximate surface area is 108 Å². The van der Waals surface area contributed by atoms with E-state index in [-0.39, 0.29) is 0 Å². The summed E-state index contributed by atoms with van der Waals surface area (Å²) < 4.78 is 0. The van der Waals surface area contributed by atoms with Crippen LogP contribution in [0.5, 0.6) is 0 Å². The first kappa shape index (κ1) is 11.7. The van der Waals surface area contributed by atoms with Gasteiger partial charge in [-0.1, -0.05) is 20.8 Å². The summed E-state index contributed by atoms with van der Waals surface area (Å²) in [5.41, 5.74) is 0.989. The van der Waals surface area contributed by atoms with Gasteiger partial charge in [-0.15, -0.1) is 11.3 Å². The van der Waals surface area contributed by atoms with Crippen LogP contribution in [0.3, 0.4) is 0 Å². The van der Waals surface area contributed by atoms with E-state index in [0.29, 0.717) is 16.9 Å². The molecule has 0 saturated heterocycles. The number of rotatable bonds is 3. The SMILES string of the molecule is CC1(C)C2CCC1(C)C(NCc1nccs1)C2. The van der Waals surface area contributed by atoms with Gasteiger partial charge in [0.1, 0.15) is 5.01 Å². The van der Waals surface area contributed by atoms with Crippen molar-refractivity contribution in [3.05, 3.63) is 16.6 Å². The van der Waals surface area contributed by atoms with Crippen molar-refractivity contribution in [2.75, 3.05) is 0 Å². The third-order valence-electron chi connectivity index (χ3n) is 5.78. The summed E-state index contributed by atoms with van der Waals surface area (Å²) >= 11 is 1.75. The fourth-order valence-electron chi connectivity index (χ4n) is 4.06. The lowest BCUT2D eigenvalue weighted by Gasteiger charge is -2.39. The second-order valence-corrected chi connectivity index (χ2v) is 7.45. The van der Waals surface area contributed by atoms with Crippen molar-refractivity contribution in [3.63, 3.8) is 0 Å². The molecule has 3 rings (SSSR count). The van der Waals surface area contributed by atoms with Crippen LogP contribution in [0, 0.1) is 16.7 Å².